The van der Waals surface area contributed by atoms with Gasteiger partial charge in [0.25, 0.3) is 5.91 Å². The highest BCUT2D eigenvalue weighted by molar-refractivity contribution is 5.92. The maximum absolute atomic E-state index is 12.3. The summed E-state index contributed by atoms with van der Waals surface area (Å²) in [4.78, 5) is 33.7. The van der Waals surface area contributed by atoms with E-state index < -0.39 is 0 Å². The minimum atomic E-state index is -0.212. The summed E-state index contributed by atoms with van der Waals surface area (Å²) >= 11 is 0. The van der Waals surface area contributed by atoms with Crippen LogP contribution in [0.15, 0.2) is 48.9 Å². The molecule has 0 aliphatic heterocycles. The lowest BCUT2D eigenvalue weighted by atomic mass is 10.2. The zero-order valence-corrected chi connectivity index (χ0v) is 13.1. The number of carbonyl (C=O) groups is 2. The van der Waals surface area contributed by atoms with Crippen LogP contribution in [0.1, 0.15) is 29.4 Å². The third kappa shape index (κ3) is 5.18. The van der Waals surface area contributed by atoms with E-state index in [1.54, 1.807) is 4.90 Å². The molecule has 0 fully saturated rings. The monoisotopic (exact) mass is 312 g/mol. The van der Waals surface area contributed by atoms with Gasteiger partial charge in [-0.1, -0.05) is 30.3 Å². The lowest BCUT2D eigenvalue weighted by Crippen LogP contribution is -2.35. The van der Waals surface area contributed by atoms with Crippen molar-refractivity contribution in [2.75, 3.05) is 13.1 Å². The van der Waals surface area contributed by atoms with Gasteiger partial charge in [0.2, 0.25) is 5.91 Å². The Balaban J connectivity index is 1.81. The number of nitrogens with one attached hydrogen (secondary N) is 1. The standard InChI is InChI=1S/C17H20N4O2/c1-2-21(17(23)15-13-18-9-10-19-15)11-8-16(22)20-12-14-6-4-3-5-7-14/h3-7,9-10,13H,2,8,11-12H2,1H3,(H,20,22). The van der Waals surface area contributed by atoms with Crippen LogP contribution in [-0.2, 0) is 11.3 Å². The number of hydrogen-bond donors (Lipinski definition) is 1. The summed E-state index contributed by atoms with van der Waals surface area (Å²) in [6.07, 6.45) is 4.69. The highest BCUT2D eigenvalue weighted by Crippen LogP contribution is 2.02. The van der Waals surface area contributed by atoms with E-state index in [1.165, 1.54) is 18.6 Å². The Bertz CT molecular complexity index is 632. The maximum atomic E-state index is 12.3. The number of hydrogen-bond acceptors (Lipinski definition) is 4. The van der Waals surface area contributed by atoms with E-state index in [9.17, 15) is 9.59 Å². The van der Waals surface area contributed by atoms with Crippen LogP contribution >= 0.6 is 0 Å². The molecule has 1 aromatic carbocycles. The molecule has 0 saturated heterocycles. The number of benzene rings is 1. The molecule has 6 nitrogen and oxygen atoms in total. The average Bonchev–Trinajstić information content (AvgIpc) is 2.62. The van der Waals surface area contributed by atoms with Crippen molar-refractivity contribution in [1.29, 1.82) is 0 Å². The van der Waals surface area contributed by atoms with Crippen LogP contribution in [-0.4, -0.2) is 39.8 Å². The normalized spacial score (nSPS) is 10.1. The van der Waals surface area contributed by atoms with Gasteiger partial charge in [0, 0.05) is 38.4 Å². The van der Waals surface area contributed by atoms with Crippen LogP contribution in [0, 0.1) is 0 Å². The summed E-state index contributed by atoms with van der Waals surface area (Å²) in [5.41, 5.74) is 1.34. The van der Waals surface area contributed by atoms with Gasteiger partial charge in [0.1, 0.15) is 5.69 Å². The second-order valence-corrected chi connectivity index (χ2v) is 4.99. The summed E-state index contributed by atoms with van der Waals surface area (Å²) < 4.78 is 0. The van der Waals surface area contributed by atoms with E-state index in [2.05, 4.69) is 15.3 Å². The first-order chi connectivity index (χ1) is 11.2. The molecule has 0 saturated carbocycles. The Morgan fingerprint density at radius 3 is 2.61 bits per heavy atom. The maximum Gasteiger partial charge on any atom is 0.274 e. The number of rotatable bonds is 7. The summed E-state index contributed by atoms with van der Waals surface area (Å²) in [5, 5.41) is 2.85. The molecule has 1 N–H and O–H groups in total. The second-order valence-electron chi connectivity index (χ2n) is 4.99. The van der Waals surface area contributed by atoms with Crippen molar-refractivity contribution in [3.63, 3.8) is 0 Å². The van der Waals surface area contributed by atoms with Crippen molar-refractivity contribution in [3.05, 3.63) is 60.2 Å². The van der Waals surface area contributed by atoms with E-state index in [0.29, 0.717) is 25.3 Å². The van der Waals surface area contributed by atoms with Crippen LogP contribution < -0.4 is 5.32 Å². The highest BCUT2D eigenvalue weighted by atomic mass is 16.2. The van der Waals surface area contributed by atoms with Gasteiger partial charge in [0.05, 0.1) is 6.20 Å². The quantitative estimate of drug-likeness (QED) is 0.843. The first-order valence-electron chi connectivity index (χ1n) is 7.56. The predicted molar refractivity (Wildman–Crippen MR) is 86.5 cm³/mol. The SMILES string of the molecule is CCN(CCC(=O)NCc1ccccc1)C(=O)c1cnccn1. The third-order valence-electron chi connectivity index (χ3n) is 3.39. The molecule has 1 heterocycles. The Labute approximate surface area is 135 Å². The molecule has 2 rings (SSSR count). The highest BCUT2D eigenvalue weighted by Gasteiger charge is 2.16. The lowest BCUT2D eigenvalue weighted by molar-refractivity contribution is -0.121. The van der Waals surface area contributed by atoms with Gasteiger partial charge in [-0.3, -0.25) is 14.6 Å². The smallest absolute Gasteiger partial charge is 0.274 e. The van der Waals surface area contributed by atoms with Gasteiger partial charge in [-0.15, -0.1) is 0 Å². The molecular formula is C17H20N4O2. The van der Waals surface area contributed by atoms with Gasteiger partial charge in [-0.2, -0.15) is 0 Å². The molecule has 0 spiro atoms. The summed E-state index contributed by atoms with van der Waals surface area (Å²) in [6.45, 7) is 3.23. The molecule has 0 radical (unpaired) electrons. The molecule has 6 heteroatoms. The van der Waals surface area contributed by atoms with Crippen molar-refractivity contribution >= 4 is 11.8 Å². The minimum Gasteiger partial charge on any atom is -0.352 e. The van der Waals surface area contributed by atoms with E-state index in [0.717, 1.165) is 5.56 Å². The zero-order valence-electron chi connectivity index (χ0n) is 13.1. The van der Waals surface area contributed by atoms with Crippen LogP contribution in [0.5, 0.6) is 0 Å². The predicted octanol–water partition coefficient (Wildman–Crippen LogP) is 1.65. The Morgan fingerprint density at radius 2 is 1.96 bits per heavy atom. The molecule has 0 bridgehead atoms. The van der Waals surface area contributed by atoms with Crippen molar-refractivity contribution in [2.24, 2.45) is 0 Å². The van der Waals surface area contributed by atoms with Crippen LogP contribution in [0.4, 0.5) is 0 Å². The molecule has 23 heavy (non-hydrogen) atoms. The van der Waals surface area contributed by atoms with E-state index in [4.69, 9.17) is 0 Å². The largest absolute Gasteiger partial charge is 0.352 e. The minimum absolute atomic E-state index is 0.0840. The molecule has 0 aliphatic carbocycles. The van der Waals surface area contributed by atoms with Gasteiger partial charge >= 0.3 is 0 Å². The van der Waals surface area contributed by atoms with Gasteiger partial charge in [0.15, 0.2) is 0 Å². The number of carbonyl (C=O) groups excluding carboxylic acids is 2. The molecule has 0 aliphatic rings. The summed E-state index contributed by atoms with van der Waals surface area (Å²) in [6, 6.07) is 9.70. The molecule has 120 valence electrons. The molecule has 0 atom stereocenters. The van der Waals surface area contributed by atoms with Crippen LogP contribution in [0.3, 0.4) is 0 Å². The first-order valence-corrected chi connectivity index (χ1v) is 7.56. The fraction of sp³-hybridized carbons (Fsp3) is 0.294. The second kappa shape index (κ2) is 8.63. The number of nitrogens with zero attached hydrogens (tertiary/aromatic N) is 3. The van der Waals surface area contributed by atoms with Crippen molar-refractivity contribution in [3.8, 4) is 0 Å². The van der Waals surface area contributed by atoms with E-state index >= 15 is 0 Å². The molecule has 1 aromatic heterocycles. The van der Waals surface area contributed by atoms with Gasteiger partial charge in [-0.05, 0) is 12.5 Å². The number of aromatic nitrogens is 2. The van der Waals surface area contributed by atoms with Crippen molar-refractivity contribution < 1.29 is 9.59 Å². The Hall–Kier alpha value is -2.76. The van der Waals surface area contributed by atoms with E-state index in [1.807, 2.05) is 37.3 Å². The van der Waals surface area contributed by atoms with Crippen molar-refractivity contribution in [1.82, 2.24) is 20.2 Å². The average molecular weight is 312 g/mol. The third-order valence-corrected chi connectivity index (χ3v) is 3.39. The first kappa shape index (κ1) is 16.6. The Morgan fingerprint density at radius 1 is 1.17 bits per heavy atom. The van der Waals surface area contributed by atoms with Crippen LogP contribution in [0.25, 0.3) is 0 Å². The van der Waals surface area contributed by atoms with Crippen molar-refractivity contribution in [2.45, 2.75) is 19.9 Å². The van der Waals surface area contributed by atoms with Crippen LogP contribution in [0.2, 0.25) is 0 Å². The fourth-order valence-electron chi connectivity index (χ4n) is 2.10. The molecular weight excluding hydrogens is 292 g/mol. The van der Waals surface area contributed by atoms with Gasteiger partial charge < -0.3 is 10.2 Å². The van der Waals surface area contributed by atoms with Gasteiger partial charge in [-0.25, -0.2) is 4.98 Å². The number of amides is 2. The topological polar surface area (TPSA) is 75.2 Å². The summed E-state index contributed by atoms with van der Waals surface area (Å²) in [7, 11) is 0. The molecule has 2 aromatic rings. The molecule has 0 unspecified atom stereocenters. The fourth-order valence-corrected chi connectivity index (χ4v) is 2.10. The zero-order chi connectivity index (χ0) is 16.5. The Kier molecular flexibility index (Phi) is 6.23. The van der Waals surface area contributed by atoms with E-state index in [-0.39, 0.29) is 18.2 Å². The lowest BCUT2D eigenvalue weighted by Gasteiger charge is -2.20. The molecule has 2 amide bonds. The summed E-state index contributed by atoms with van der Waals surface area (Å²) in [5.74, 6) is -0.296.